The van der Waals surface area contributed by atoms with Crippen LogP contribution in [0.15, 0.2) is 41.3 Å². The molecule has 0 spiro atoms. The number of anilines is 1. The highest BCUT2D eigenvalue weighted by Crippen LogP contribution is 2.47. The van der Waals surface area contributed by atoms with Gasteiger partial charge < -0.3 is 9.64 Å². The molecule has 2 aliphatic rings. The van der Waals surface area contributed by atoms with Gasteiger partial charge in [-0.05, 0) is 31.0 Å². The van der Waals surface area contributed by atoms with Crippen molar-refractivity contribution in [1.29, 1.82) is 5.26 Å². The van der Waals surface area contributed by atoms with Gasteiger partial charge in [0.05, 0.1) is 18.0 Å². The average Bonchev–Trinajstić information content (AvgIpc) is 3.64. The third kappa shape index (κ3) is 4.09. The number of piperidine rings is 1. The minimum Gasteiger partial charge on any atom is -0.487 e. The molecule has 1 aromatic carbocycles. The molecule has 1 saturated heterocycles. The molecule has 10 heteroatoms. The van der Waals surface area contributed by atoms with E-state index < -0.39 is 17.0 Å². The van der Waals surface area contributed by atoms with Gasteiger partial charge in [-0.25, -0.2) is 23.4 Å². The summed E-state index contributed by atoms with van der Waals surface area (Å²) in [6.45, 7) is 1.15. The maximum absolute atomic E-state index is 14.0. The Morgan fingerprint density at radius 1 is 1.18 bits per heavy atom. The fraction of sp³-hybridized carbons (Fsp3) is 0.375. The molecular weight excluding hydrogens is 442 g/mol. The first kappa shape index (κ1) is 21.9. The van der Waals surface area contributed by atoms with Gasteiger partial charge in [0, 0.05) is 45.1 Å². The zero-order valence-corrected chi connectivity index (χ0v) is 18.5. The van der Waals surface area contributed by atoms with Crippen LogP contribution in [0.1, 0.15) is 31.4 Å². The molecule has 1 saturated carbocycles. The van der Waals surface area contributed by atoms with E-state index in [2.05, 4.69) is 16.2 Å². The Labute approximate surface area is 194 Å². The summed E-state index contributed by atoms with van der Waals surface area (Å²) in [5, 5.41) is 14.0. The lowest BCUT2D eigenvalue weighted by molar-refractivity contribution is 0.163. The van der Waals surface area contributed by atoms with Crippen LogP contribution in [0.3, 0.4) is 0 Å². The fourth-order valence-corrected chi connectivity index (χ4v) is 4.13. The van der Waals surface area contributed by atoms with Crippen LogP contribution < -0.4 is 15.2 Å². The summed E-state index contributed by atoms with van der Waals surface area (Å²) >= 11 is 0. The van der Waals surface area contributed by atoms with Crippen LogP contribution in [-0.4, -0.2) is 38.9 Å². The minimum absolute atomic E-state index is 0.0327. The smallest absolute Gasteiger partial charge is 0.266 e. The maximum atomic E-state index is 14.0. The number of benzene rings is 1. The summed E-state index contributed by atoms with van der Waals surface area (Å²) in [6.07, 6.45) is 4.09. The first-order valence-electron chi connectivity index (χ1n) is 11.1. The van der Waals surface area contributed by atoms with Crippen LogP contribution in [0.5, 0.6) is 5.75 Å². The first-order valence-corrected chi connectivity index (χ1v) is 11.1. The van der Waals surface area contributed by atoms with Gasteiger partial charge in [0.25, 0.3) is 5.56 Å². The van der Waals surface area contributed by atoms with Crippen molar-refractivity contribution in [2.24, 2.45) is 7.05 Å². The van der Waals surface area contributed by atoms with Crippen LogP contribution in [0.4, 0.5) is 14.6 Å². The van der Waals surface area contributed by atoms with Crippen LogP contribution in [0, 0.1) is 23.0 Å². The standard InChI is InChI=1S/C24H22F2N6O2/c1-31-21(33)5-3-18(30-31)22-23(28-13-20(29-22)24(14-27)8-9-24)32-10-6-16(7-11-32)34-19-4-2-15(25)12-17(19)26/h2-5,12-13,16H,6-11H2,1H3. The van der Waals surface area contributed by atoms with Crippen LogP contribution >= 0.6 is 0 Å². The number of nitrogens with zero attached hydrogens (tertiary/aromatic N) is 6. The molecule has 8 nitrogen and oxygen atoms in total. The number of hydrogen-bond acceptors (Lipinski definition) is 7. The van der Waals surface area contributed by atoms with Gasteiger partial charge in [-0.3, -0.25) is 4.79 Å². The molecule has 0 radical (unpaired) electrons. The zero-order valence-electron chi connectivity index (χ0n) is 18.5. The Kier molecular flexibility index (Phi) is 5.48. The van der Waals surface area contributed by atoms with Gasteiger partial charge in [-0.15, -0.1) is 0 Å². The second-order valence-corrected chi connectivity index (χ2v) is 8.68. The van der Waals surface area contributed by atoms with E-state index in [9.17, 15) is 18.8 Å². The predicted molar refractivity (Wildman–Crippen MR) is 119 cm³/mol. The van der Waals surface area contributed by atoms with E-state index in [1.807, 2.05) is 4.90 Å². The Hall–Kier alpha value is -3.87. The summed E-state index contributed by atoms with van der Waals surface area (Å²) < 4.78 is 34.1. The topological polar surface area (TPSA) is 96.9 Å². The number of aryl methyl sites for hydroxylation is 1. The van der Waals surface area contributed by atoms with Crippen molar-refractivity contribution in [2.45, 2.75) is 37.2 Å². The van der Waals surface area contributed by atoms with Gasteiger partial charge in [0.2, 0.25) is 0 Å². The summed E-state index contributed by atoms with van der Waals surface area (Å²) in [5.74, 6) is -0.732. The number of halogens is 2. The van der Waals surface area contributed by atoms with Gasteiger partial charge in [-0.2, -0.15) is 10.4 Å². The Bertz CT molecular complexity index is 1340. The molecule has 34 heavy (non-hydrogen) atoms. The molecule has 3 aromatic rings. The summed E-state index contributed by atoms with van der Waals surface area (Å²) in [7, 11) is 1.57. The highest BCUT2D eigenvalue weighted by atomic mass is 19.1. The van der Waals surface area contributed by atoms with Crippen molar-refractivity contribution in [3.05, 3.63) is 64.2 Å². The lowest BCUT2D eigenvalue weighted by atomic mass is 10.0. The average molecular weight is 464 g/mol. The van der Waals surface area contributed by atoms with E-state index in [1.165, 1.54) is 22.9 Å². The molecule has 0 atom stereocenters. The number of hydrogen-bond donors (Lipinski definition) is 0. The minimum atomic E-state index is -0.724. The van der Waals surface area contributed by atoms with Crippen molar-refractivity contribution in [2.75, 3.05) is 18.0 Å². The predicted octanol–water partition coefficient (Wildman–Crippen LogP) is 3.12. The molecular formula is C24H22F2N6O2. The van der Waals surface area contributed by atoms with Crippen LogP contribution in [0.25, 0.3) is 11.4 Å². The van der Waals surface area contributed by atoms with Crippen molar-refractivity contribution in [3.63, 3.8) is 0 Å². The molecule has 1 aliphatic carbocycles. The number of aromatic nitrogens is 4. The summed E-state index contributed by atoms with van der Waals surface area (Å²) in [5.41, 5.74) is 0.761. The Balaban J connectivity index is 1.40. The van der Waals surface area contributed by atoms with E-state index in [0.717, 1.165) is 18.9 Å². The lowest BCUT2D eigenvalue weighted by Crippen LogP contribution is -2.39. The van der Waals surface area contributed by atoms with E-state index in [0.29, 0.717) is 48.8 Å². The second-order valence-electron chi connectivity index (χ2n) is 8.68. The second kappa shape index (κ2) is 8.48. The molecule has 2 aromatic heterocycles. The summed E-state index contributed by atoms with van der Waals surface area (Å²) in [6, 6.07) is 8.66. The van der Waals surface area contributed by atoms with Crippen molar-refractivity contribution in [1.82, 2.24) is 19.7 Å². The Morgan fingerprint density at radius 3 is 2.59 bits per heavy atom. The van der Waals surface area contributed by atoms with Crippen molar-refractivity contribution in [3.8, 4) is 23.2 Å². The monoisotopic (exact) mass is 464 g/mol. The van der Waals surface area contributed by atoms with Crippen molar-refractivity contribution >= 4 is 5.82 Å². The molecule has 0 unspecified atom stereocenters. The first-order chi connectivity index (χ1) is 16.4. The van der Waals surface area contributed by atoms with Gasteiger partial charge in [-0.1, -0.05) is 0 Å². The fourth-order valence-electron chi connectivity index (χ4n) is 4.13. The number of ether oxygens (including phenoxy) is 1. The van der Waals surface area contributed by atoms with Crippen LogP contribution in [0.2, 0.25) is 0 Å². The quantitative estimate of drug-likeness (QED) is 0.572. The van der Waals surface area contributed by atoms with E-state index in [4.69, 9.17) is 9.72 Å². The zero-order chi connectivity index (χ0) is 23.9. The van der Waals surface area contributed by atoms with E-state index in [1.54, 1.807) is 19.3 Å². The lowest BCUT2D eigenvalue weighted by Gasteiger charge is -2.33. The molecule has 174 valence electrons. The molecule has 2 fully saturated rings. The molecule has 0 bridgehead atoms. The number of nitriles is 1. The molecule has 0 amide bonds. The van der Waals surface area contributed by atoms with Gasteiger partial charge in [0.15, 0.2) is 17.4 Å². The maximum Gasteiger partial charge on any atom is 0.266 e. The highest BCUT2D eigenvalue weighted by Gasteiger charge is 2.47. The molecule has 3 heterocycles. The largest absolute Gasteiger partial charge is 0.487 e. The molecule has 1 aliphatic heterocycles. The third-order valence-electron chi connectivity index (χ3n) is 6.34. The van der Waals surface area contributed by atoms with Gasteiger partial charge in [0.1, 0.15) is 28.7 Å². The van der Waals surface area contributed by atoms with E-state index >= 15 is 0 Å². The third-order valence-corrected chi connectivity index (χ3v) is 6.34. The summed E-state index contributed by atoms with van der Waals surface area (Å²) in [4.78, 5) is 23.3. The van der Waals surface area contributed by atoms with E-state index in [-0.39, 0.29) is 17.4 Å². The highest BCUT2D eigenvalue weighted by molar-refractivity contribution is 5.69. The Morgan fingerprint density at radius 2 is 1.94 bits per heavy atom. The number of rotatable bonds is 5. The van der Waals surface area contributed by atoms with Crippen LogP contribution in [-0.2, 0) is 12.5 Å². The molecule has 5 rings (SSSR count). The normalized spacial score (nSPS) is 17.3. The van der Waals surface area contributed by atoms with Gasteiger partial charge >= 0.3 is 0 Å². The SMILES string of the molecule is Cn1nc(-c2nc(C3(C#N)CC3)cnc2N2CCC(Oc3ccc(F)cc3F)CC2)ccc1=O. The van der Waals surface area contributed by atoms with Crippen molar-refractivity contribution < 1.29 is 13.5 Å². The molecule has 0 N–H and O–H groups in total.